The van der Waals surface area contributed by atoms with Crippen molar-refractivity contribution >= 4 is 11.6 Å². The van der Waals surface area contributed by atoms with Gasteiger partial charge < -0.3 is 5.73 Å². The van der Waals surface area contributed by atoms with Crippen LogP contribution in [0, 0.1) is 6.92 Å². The van der Waals surface area contributed by atoms with Crippen molar-refractivity contribution in [1.82, 2.24) is 9.78 Å². The van der Waals surface area contributed by atoms with Gasteiger partial charge in [-0.3, -0.25) is 4.68 Å². The Morgan fingerprint density at radius 1 is 1.31 bits per heavy atom. The van der Waals surface area contributed by atoms with E-state index in [1.165, 1.54) is 0 Å². The van der Waals surface area contributed by atoms with E-state index in [-0.39, 0.29) is 6.04 Å². The second-order valence-corrected chi connectivity index (χ2v) is 4.42. The second kappa shape index (κ2) is 4.28. The summed E-state index contributed by atoms with van der Waals surface area (Å²) in [5.41, 5.74) is 9.27. The van der Waals surface area contributed by atoms with Crippen molar-refractivity contribution in [2.45, 2.75) is 13.0 Å². The molecule has 0 bridgehead atoms. The molecule has 84 valence electrons. The molecule has 2 N–H and O–H groups in total. The lowest BCUT2D eigenvalue weighted by Gasteiger charge is -2.11. The van der Waals surface area contributed by atoms with Gasteiger partial charge in [-0.2, -0.15) is 5.10 Å². The molecule has 0 aliphatic rings. The van der Waals surface area contributed by atoms with Crippen LogP contribution in [0.3, 0.4) is 0 Å². The topological polar surface area (TPSA) is 43.8 Å². The highest BCUT2D eigenvalue weighted by Gasteiger charge is 2.11. The van der Waals surface area contributed by atoms with Crippen molar-refractivity contribution in [3.63, 3.8) is 0 Å². The number of nitrogens with two attached hydrogens (primary N) is 1. The summed E-state index contributed by atoms with van der Waals surface area (Å²) in [6.07, 6.45) is 3.70. The van der Waals surface area contributed by atoms with Crippen molar-refractivity contribution in [3.8, 4) is 0 Å². The van der Waals surface area contributed by atoms with Crippen LogP contribution in [0.1, 0.15) is 22.7 Å². The van der Waals surface area contributed by atoms with E-state index in [9.17, 15) is 0 Å². The van der Waals surface area contributed by atoms with E-state index in [4.69, 9.17) is 17.3 Å². The molecule has 1 unspecified atom stereocenters. The summed E-state index contributed by atoms with van der Waals surface area (Å²) in [6, 6.07) is 5.68. The third kappa shape index (κ3) is 2.26. The van der Waals surface area contributed by atoms with Crippen LogP contribution in [0.2, 0.25) is 5.02 Å². The molecule has 1 aromatic heterocycles. The highest BCUT2D eigenvalue weighted by atomic mass is 35.5. The molecule has 0 saturated heterocycles. The van der Waals surface area contributed by atoms with Crippen molar-refractivity contribution in [3.05, 3.63) is 52.3 Å². The van der Waals surface area contributed by atoms with Crippen LogP contribution in [-0.2, 0) is 7.05 Å². The van der Waals surface area contributed by atoms with Crippen LogP contribution in [0.5, 0.6) is 0 Å². The maximum atomic E-state index is 6.16. The first-order valence-corrected chi connectivity index (χ1v) is 5.45. The third-order valence-electron chi connectivity index (χ3n) is 2.51. The fourth-order valence-electron chi connectivity index (χ4n) is 1.74. The Kier molecular flexibility index (Phi) is 2.99. The zero-order chi connectivity index (χ0) is 11.7. The number of nitrogens with zero attached hydrogens (tertiary/aromatic N) is 2. The van der Waals surface area contributed by atoms with Crippen LogP contribution in [0.15, 0.2) is 30.6 Å². The van der Waals surface area contributed by atoms with Crippen LogP contribution >= 0.6 is 11.6 Å². The molecule has 0 saturated carbocycles. The van der Waals surface area contributed by atoms with Crippen molar-refractivity contribution in [1.29, 1.82) is 0 Å². The minimum Gasteiger partial charge on any atom is -0.320 e. The molecule has 1 heterocycles. The molecule has 4 heteroatoms. The minimum atomic E-state index is -0.175. The zero-order valence-corrected chi connectivity index (χ0v) is 10.1. The summed E-state index contributed by atoms with van der Waals surface area (Å²) in [7, 11) is 1.87. The van der Waals surface area contributed by atoms with Gasteiger partial charge in [0.05, 0.1) is 12.2 Å². The Balaban J connectivity index is 2.37. The maximum absolute atomic E-state index is 6.16. The number of aromatic nitrogens is 2. The van der Waals surface area contributed by atoms with E-state index >= 15 is 0 Å². The molecular formula is C12H14ClN3. The Bertz CT molecular complexity index is 484. The molecular weight excluding hydrogens is 222 g/mol. The van der Waals surface area contributed by atoms with Gasteiger partial charge in [0, 0.05) is 23.8 Å². The summed E-state index contributed by atoms with van der Waals surface area (Å²) in [5.74, 6) is 0. The Morgan fingerprint density at radius 3 is 2.62 bits per heavy atom. The number of benzene rings is 1. The lowest BCUT2D eigenvalue weighted by atomic mass is 10.0. The normalized spacial score (nSPS) is 12.8. The molecule has 0 radical (unpaired) electrons. The van der Waals surface area contributed by atoms with E-state index in [0.717, 1.165) is 16.7 Å². The number of aryl methyl sites for hydroxylation is 2. The Labute approximate surface area is 99.8 Å². The van der Waals surface area contributed by atoms with Gasteiger partial charge in [0.2, 0.25) is 0 Å². The van der Waals surface area contributed by atoms with E-state index in [0.29, 0.717) is 5.02 Å². The molecule has 0 aliphatic carbocycles. The average molecular weight is 236 g/mol. The van der Waals surface area contributed by atoms with Gasteiger partial charge in [-0.1, -0.05) is 17.7 Å². The third-order valence-corrected chi connectivity index (χ3v) is 2.73. The van der Waals surface area contributed by atoms with Gasteiger partial charge in [0.25, 0.3) is 0 Å². The van der Waals surface area contributed by atoms with Gasteiger partial charge in [0.1, 0.15) is 0 Å². The molecule has 0 amide bonds. The largest absolute Gasteiger partial charge is 0.320 e. The summed E-state index contributed by atoms with van der Waals surface area (Å²) >= 11 is 6.01. The molecule has 0 spiro atoms. The van der Waals surface area contributed by atoms with Gasteiger partial charge in [-0.05, 0) is 30.2 Å². The fraction of sp³-hybridized carbons (Fsp3) is 0.250. The summed E-state index contributed by atoms with van der Waals surface area (Å²) in [4.78, 5) is 0. The van der Waals surface area contributed by atoms with Crippen LogP contribution < -0.4 is 5.73 Å². The average Bonchev–Trinajstić information content (AvgIpc) is 2.62. The Hall–Kier alpha value is -1.32. The first-order valence-electron chi connectivity index (χ1n) is 5.07. The van der Waals surface area contributed by atoms with E-state index < -0.39 is 0 Å². The van der Waals surface area contributed by atoms with Crippen LogP contribution in [-0.4, -0.2) is 9.78 Å². The summed E-state index contributed by atoms with van der Waals surface area (Å²) in [6.45, 7) is 2.01. The smallest absolute Gasteiger partial charge is 0.0583 e. The predicted octanol–water partition coefficient (Wildman–Crippen LogP) is 2.43. The lowest BCUT2D eigenvalue weighted by molar-refractivity contribution is 0.765. The monoisotopic (exact) mass is 235 g/mol. The van der Waals surface area contributed by atoms with Crippen molar-refractivity contribution < 1.29 is 0 Å². The number of rotatable bonds is 2. The molecule has 1 atom stereocenters. The minimum absolute atomic E-state index is 0.175. The first kappa shape index (κ1) is 11.2. The van der Waals surface area contributed by atoms with Crippen LogP contribution in [0.4, 0.5) is 0 Å². The van der Waals surface area contributed by atoms with Gasteiger partial charge in [-0.25, -0.2) is 0 Å². The van der Waals surface area contributed by atoms with E-state index in [1.54, 1.807) is 10.9 Å². The number of hydrogen-bond acceptors (Lipinski definition) is 2. The second-order valence-electron chi connectivity index (χ2n) is 3.99. The Morgan fingerprint density at radius 2 is 2.06 bits per heavy atom. The van der Waals surface area contributed by atoms with Gasteiger partial charge >= 0.3 is 0 Å². The first-order chi connectivity index (χ1) is 7.56. The molecule has 3 nitrogen and oxygen atoms in total. The SMILES string of the molecule is Cc1cc(Cl)cc(C(N)c2cnn(C)c2)c1. The van der Waals surface area contributed by atoms with E-state index in [2.05, 4.69) is 5.10 Å². The molecule has 2 aromatic rings. The van der Waals surface area contributed by atoms with Crippen molar-refractivity contribution in [2.75, 3.05) is 0 Å². The van der Waals surface area contributed by atoms with Crippen LogP contribution in [0.25, 0.3) is 0 Å². The maximum Gasteiger partial charge on any atom is 0.0583 e. The highest BCUT2D eigenvalue weighted by molar-refractivity contribution is 6.30. The lowest BCUT2D eigenvalue weighted by Crippen LogP contribution is -2.11. The standard InChI is InChI=1S/C12H14ClN3/c1-8-3-9(5-11(13)4-8)12(14)10-6-15-16(2)7-10/h3-7,12H,14H2,1-2H3. The predicted molar refractivity (Wildman–Crippen MR) is 65.4 cm³/mol. The molecule has 2 rings (SSSR count). The molecule has 16 heavy (non-hydrogen) atoms. The number of hydrogen-bond donors (Lipinski definition) is 1. The zero-order valence-electron chi connectivity index (χ0n) is 9.31. The van der Waals surface area contributed by atoms with E-state index in [1.807, 2.05) is 38.4 Å². The molecule has 1 aromatic carbocycles. The van der Waals surface area contributed by atoms with Gasteiger partial charge in [-0.15, -0.1) is 0 Å². The van der Waals surface area contributed by atoms with Gasteiger partial charge in [0.15, 0.2) is 0 Å². The highest BCUT2D eigenvalue weighted by Crippen LogP contribution is 2.23. The summed E-state index contributed by atoms with van der Waals surface area (Å²) in [5, 5.41) is 4.83. The molecule has 0 aliphatic heterocycles. The van der Waals surface area contributed by atoms with Crippen molar-refractivity contribution in [2.24, 2.45) is 12.8 Å². The fourth-order valence-corrected chi connectivity index (χ4v) is 2.04. The summed E-state index contributed by atoms with van der Waals surface area (Å²) < 4.78 is 1.74. The molecule has 0 fully saturated rings. The quantitative estimate of drug-likeness (QED) is 0.869. The number of halogens is 1.